The van der Waals surface area contributed by atoms with Crippen LogP contribution in [0.3, 0.4) is 0 Å². The van der Waals surface area contributed by atoms with Gasteiger partial charge in [0.1, 0.15) is 17.8 Å². The minimum atomic E-state index is -0.0957. The molecule has 2 aromatic heterocycles. The van der Waals surface area contributed by atoms with Crippen LogP contribution in [0.25, 0.3) is 11.0 Å². The van der Waals surface area contributed by atoms with E-state index in [-0.39, 0.29) is 17.9 Å². The lowest BCUT2D eigenvalue weighted by molar-refractivity contribution is -0.152. The molecule has 2 aliphatic rings. The van der Waals surface area contributed by atoms with E-state index in [9.17, 15) is 4.79 Å². The first-order chi connectivity index (χ1) is 11.2. The lowest BCUT2D eigenvalue weighted by atomic mass is 9.74. The molecule has 0 saturated carbocycles. The van der Waals surface area contributed by atoms with Gasteiger partial charge in [0.2, 0.25) is 5.91 Å². The highest BCUT2D eigenvalue weighted by Crippen LogP contribution is 2.45. The first kappa shape index (κ1) is 14.1. The highest BCUT2D eigenvalue weighted by atomic mass is 16.2. The van der Waals surface area contributed by atoms with Gasteiger partial charge in [0.15, 0.2) is 0 Å². The number of nitrogens with zero attached hydrogens (tertiary/aromatic N) is 4. The summed E-state index contributed by atoms with van der Waals surface area (Å²) in [5, 5.41) is 1.03. The van der Waals surface area contributed by atoms with Gasteiger partial charge in [-0.15, -0.1) is 6.42 Å². The third-order valence-electron chi connectivity index (χ3n) is 5.38. The fourth-order valence-electron chi connectivity index (χ4n) is 4.04. The van der Waals surface area contributed by atoms with Gasteiger partial charge in [0.05, 0.1) is 17.3 Å². The van der Waals surface area contributed by atoms with E-state index in [0.717, 1.165) is 42.9 Å². The number of fused-ring (bicyclic) bond motifs is 1. The van der Waals surface area contributed by atoms with Crippen LogP contribution >= 0.6 is 0 Å². The van der Waals surface area contributed by atoms with Gasteiger partial charge < -0.3 is 14.8 Å². The molecule has 23 heavy (non-hydrogen) atoms. The Labute approximate surface area is 134 Å². The van der Waals surface area contributed by atoms with Gasteiger partial charge in [-0.05, 0) is 18.4 Å². The Kier molecular flexibility index (Phi) is 3.05. The fourth-order valence-corrected chi connectivity index (χ4v) is 4.04. The fraction of sp³-hybridized carbons (Fsp3) is 0.471. The summed E-state index contributed by atoms with van der Waals surface area (Å²) in [6.45, 7) is 4.72. The summed E-state index contributed by atoms with van der Waals surface area (Å²) in [5.41, 5.74) is 0.750. The Balaban J connectivity index is 1.62. The number of rotatable bonds is 2. The van der Waals surface area contributed by atoms with Crippen LogP contribution in [0.4, 0.5) is 5.82 Å². The lowest BCUT2D eigenvalue weighted by Gasteiger charge is -2.56. The molecular formula is C17H19N5O. The Hall–Kier alpha value is -2.55. The van der Waals surface area contributed by atoms with Gasteiger partial charge in [0, 0.05) is 25.8 Å². The van der Waals surface area contributed by atoms with Crippen molar-refractivity contribution in [3.63, 3.8) is 0 Å². The van der Waals surface area contributed by atoms with Gasteiger partial charge in [-0.1, -0.05) is 12.8 Å². The van der Waals surface area contributed by atoms with Crippen molar-refractivity contribution >= 4 is 22.8 Å². The van der Waals surface area contributed by atoms with Crippen LogP contribution in [0.1, 0.15) is 19.8 Å². The maximum atomic E-state index is 12.3. The molecule has 6 heteroatoms. The molecule has 2 saturated heterocycles. The molecule has 2 aliphatic heterocycles. The Morgan fingerprint density at radius 1 is 1.57 bits per heavy atom. The molecule has 1 N–H and O–H groups in total. The number of aromatic nitrogens is 3. The van der Waals surface area contributed by atoms with Crippen molar-refractivity contribution in [3.8, 4) is 12.3 Å². The summed E-state index contributed by atoms with van der Waals surface area (Å²) in [7, 11) is 0. The molecule has 2 aromatic rings. The molecule has 0 radical (unpaired) electrons. The number of amides is 1. The second-order valence-electron chi connectivity index (χ2n) is 6.50. The number of terminal acetylenes is 1. The number of hydrogen-bond donors (Lipinski definition) is 1. The van der Waals surface area contributed by atoms with Crippen molar-refractivity contribution in [2.45, 2.75) is 25.3 Å². The standard InChI is InChI=1S/C17H19N5O/c1-3-4-14(23)22-9-12(2)17(22)6-8-21(10-17)16-13-5-7-18-15(13)19-11-20-16/h1,5,7,11-12H,4,6,8-10H2,2H3,(H,18,19,20)/t12-,17+/m1/s1. The zero-order valence-electron chi connectivity index (χ0n) is 13.1. The maximum absolute atomic E-state index is 12.3. The number of anilines is 1. The molecule has 1 amide bonds. The number of carbonyl (C=O) groups is 1. The molecule has 2 fully saturated rings. The SMILES string of the molecule is C#CCC(=O)N1C[C@@H](C)[C@@]12CCN(c1ncnc3[nH]ccc13)C2. The van der Waals surface area contributed by atoms with Crippen molar-refractivity contribution in [1.29, 1.82) is 0 Å². The summed E-state index contributed by atoms with van der Waals surface area (Å²) in [4.78, 5) is 28.4. The molecule has 4 rings (SSSR count). The van der Waals surface area contributed by atoms with Crippen molar-refractivity contribution in [2.24, 2.45) is 5.92 Å². The monoisotopic (exact) mass is 309 g/mol. The van der Waals surface area contributed by atoms with E-state index in [1.807, 2.05) is 17.2 Å². The highest BCUT2D eigenvalue weighted by Gasteiger charge is 2.56. The zero-order chi connectivity index (χ0) is 16.0. The van der Waals surface area contributed by atoms with E-state index >= 15 is 0 Å². The van der Waals surface area contributed by atoms with Crippen molar-refractivity contribution in [1.82, 2.24) is 19.9 Å². The molecule has 0 aromatic carbocycles. The number of nitrogens with one attached hydrogen (secondary N) is 1. The van der Waals surface area contributed by atoms with Crippen molar-refractivity contribution < 1.29 is 4.79 Å². The molecule has 4 heterocycles. The average molecular weight is 309 g/mol. The van der Waals surface area contributed by atoms with Crippen LogP contribution in [0.2, 0.25) is 0 Å². The molecule has 0 aliphatic carbocycles. The van der Waals surface area contributed by atoms with E-state index in [2.05, 4.69) is 32.7 Å². The molecule has 0 unspecified atom stereocenters. The predicted octanol–water partition coefficient (Wildman–Crippen LogP) is 1.41. The molecule has 1 spiro atoms. The Morgan fingerprint density at radius 3 is 3.22 bits per heavy atom. The maximum Gasteiger partial charge on any atom is 0.235 e. The number of carbonyl (C=O) groups excluding carboxylic acids is 1. The summed E-state index contributed by atoms with van der Waals surface area (Å²) in [5.74, 6) is 3.97. The van der Waals surface area contributed by atoms with Gasteiger partial charge in [-0.3, -0.25) is 4.79 Å². The second kappa shape index (κ2) is 4.98. The smallest absolute Gasteiger partial charge is 0.235 e. The van der Waals surface area contributed by atoms with E-state index in [4.69, 9.17) is 6.42 Å². The van der Waals surface area contributed by atoms with E-state index in [0.29, 0.717) is 5.92 Å². The van der Waals surface area contributed by atoms with Crippen LogP contribution in [0.5, 0.6) is 0 Å². The first-order valence-electron chi connectivity index (χ1n) is 7.93. The molecule has 2 atom stereocenters. The minimum absolute atomic E-state index is 0.0712. The largest absolute Gasteiger partial charge is 0.353 e. The number of aromatic amines is 1. The van der Waals surface area contributed by atoms with Gasteiger partial charge >= 0.3 is 0 Å². The normalized spacial score (nSPS) is 26.5. The zero-order valence-corrected chi connectivity index (χ0v) is 13.1. The quantitative estimate of drug-likeness (QED) is 0.852. The predicted molar refractivity (Wildman–Crippen MR) is 87.8 cm³/mol. The third kappa shape index (κ3) is 1.93. The Bertz CT molecular complexity index is 807. The van der Waals surface area contributed by atoms with Crippen LogP contribution in [-0.2, 0) is 4.79 Å². The number of H-pyrrole nitrogens is 1. The van der Waals surface area contributed by atoms with Crippen LogP contribution in [-0.4, -0.2) is 50.9 Å². The van der Waals surface area contributed by atoms with Gasteiger partial charge in [-0.2, -0.15) is 0 Å². The lowest BCUT2D eigenvalue weighted by Crippen LogP contribution is -2.69. The minimum Gasteiger partial charge on any atom is -0.353 e. The molecule has 6 nitrogen and oxygen atoms in total. The molecular weight excluding hydrogens is 290 g/mol. The molecule has 118 valence electrons. The van der Waals surface area contributed by atoms with Crippen molar-refractivity contribution in [3.05, 3.63) is 18.6 Å². The van der Waals surface area contributed by atoms with E-state index in [1.165, 1.54) is 0 Å². The Morgan fingerprint density at radius 2 is 2.43 bits per heavy atom. The summed E-state index contributed by atoms with van der Waals surface area (Å²) in [6, 6.07) is 2.00. The van der Waals surface area contributed by atoms with E-state index < -0.39 is 0 Å². The summed E-state index contributed by atoms with van der Waals surface area (Å²) in [6.07, 6.45) is 9.92. The van der Waals surface area contributed by atoms with Crippen LogP contribution in [0.15, 0.2) is 18.6 Å². The van der Waals surface area contributed by atoms with Crippen LogP contribution in [0, 0.1) is 18.3 Å². The highest BCUT2D eigenvalue weighted by molar-refractivity contribution is 5.87. The number of hydrogen-bond acceptors (Lipinski definition) is 4. The van der Waals surface area contributed by atoms with Crippen molar-refractivity contribution in [2.75, 3.05) is 24.5 Å². The average Bonchev–Trinajstić information content (AvgIpc) is 3.20. The van der Waals surface area contributed by atoms with Crippen LogP contribution < -0.4 is 4.90 Å². The van der Waals surface area contributed by atoms with Gasteiger partial charge in [-0.25, -0.2) is 9.97 Å². The van der Waals surface area contributed by atoms with Gasteiger partial charge in [0.25, 0.3) is 0 Å². The topological polar surface area (TPSA) is 65.1 Å². The third-order valence-corrected chi connectivity index (χ3v) is 5.38. The van der Waals surface area contributed by atoms with E-state index in [1.54, 1.807) is 6.33 Å². The second-order valence-corrected chi connectivity index (χ2v) is 6.50. The number of likely N-dealkylation sites (tertiary alicyclic amines) is 1. The molecule has 0 bridgehead atoms. The summed E-state index contributed by atoms with van der Waals surface area (Å²) >= 11 is 0. The summed E-state index contributed by atoms with van der Waals surface area (Å²) < 4.78 is 0. The first-order valence-corrected chi connectivity index (χ1v) is 7.93.